The van der Waals surface area contributed by atoms with Gasteiger partial charge in [-0.3, -0.25) is 15.8 Å². The minimum absolute atomic E-state index is 0. The number of rotatable bonds is 0. The second-order valence-corrected chi connectivity index (χ2v) is 0.820. The minimum Gasteiger partial charge on any atom is -1.00 e. The third-order valence-corrected chi connectivity index (χ3v) is 0.392. The van der Waals surface area contributed by atoms with Crippen LogP contribution in [0.3, 0.4) is 0 Å². The van der Waals surface area contributed by atoms with Crippen molar-refractivity contribution in [1.82, 2.24) is 5.27 Å². The topological polar surface area (TPSA) is 96.7 Å². The van der Waals surface area contributed by atoms with Crippen molar-refractivity contribution in [3.05, 3.63) is 11.8 Å². The van der Waals surface area contributed by atoms with E-state index in [0.717, 1.165) is 0 Å². The zero-order chi connectivity index (χ0) is 4.41. The Bertz CT molecular complexity index is 153. The van der Waals surface area contributed by atoms with Crippen LogP contribution in [0.5, 0.6) is 0 Å². The molecule has 48 valence electrons. The molecule has 6 heteroatoms. The monoisotopic (exact) mass is 138 g/mol. The van der Waals surface area contributed by atoms with E-state index in [1.165, 1.54) is 6.20 Å². The zero-order valence-electron chi connectivity index (χ0n) is 3.81. The zero-order valence-corrected chi connectivity index (χ0v) is 4.57. The van der Waals surface area contributed by atoms with Crippen LogP contribution in [0, 0.1) is 5.41 Å². The highest BCUT2D eigenvalue weighted by atomic mass is 35.5. The lowest BCUT2D eigenvalue weighted by atomic mass is 10.9. The van der Waals surface area contributed by atoms with Crippen LogP contribution in [-0.4, -0.2) is 5.48 Å². The van der Waals surface area contributed by atoms with Crippen LogP contribution in [0.15, 0.2) is 10.7 Å². The highest BCUT2D eigenvalue weighted by Gasteiger charge is 1.69. The Labute approximate surface area is 50.9 Å². The smallest absolute Gasteiger partial charge is 0.264 e. The van der Waals surface area contributed by atoms with Crippen LogP contribution in [0.1, 0.15) is 0 Å². The molecule has 1 heterocycles. The Morgan fingerprint density at radius 2 is 2.38 bits per heavy atom. The third kappa shape index (κ3) is 2.38. The highest BCUT2D eigenvalue weighted by Crippen LogP contribution is 1.39. The average Bonchev–Trinajstić information content (AvgIpc) is 1.86. The van der Waals surface area contributed by atoms with Crippen molar-refractivity contribution in [2.24, 2.45) is 0 Å². The lowest BCUT2D eigenvalue weighted by molar-refractivity contribution is -0.479. The van der Waals surface area contributed by atoms with Gasteiger partial charge in [-0.1, -0.05) is 0 Å². The van der Waals surface area contributed by atoms with Crippen molar-refractivity contribution >= 4 is 0 Å². The summed E-state index contributed by atoms with van der Waals surface area (Å²) in [6.07, 6.45) is 1.35. The molecule has 0 bridgehead atoms. The molecule has 1 rings (SSSR count). The first kappa shape index (κ1) is 10.2. The molecule has 0 aliphatic rings. The number of nitrogens with zero attached hydrogens (tertiary/aromatic N) is 1. The third-order valence-electron chi connectivity index (χ3n) is 0.392. The van der Waals surface area contributed by atoms with Gasteiger partial charge in [0.1, 0.15) is 0 Å². The van der Waals surface area contributed by atoms with Crippen molar-refractivity contribution in [2.75, 3.05) is 0 Å². The van der Waals surface area contributed by atoms with E-state index in [-0.39, 0.29) is 23.4 Å². The molecule has 0 amide bonds. The van der Waals surface area contributed by atoms with E-state index in [1.54, 1.807) is 0 Å². The molecule has 0 aliphatic heterocycles. The molecule has 0 saturated heterocycles. The number of hydrogen-bond acceptors (Lipinski definition) is 2. The summed E-state index contributed by atoms with van der Waals surface area (Å²) in [6, 6.07) is 0. The highest BCUT2D eigenvalue weighted by molar-refractivity contribution is 4.37. The van der Waals surface area contributed by atoms with E-state index in [0.29, 0.717) is 0 Å². The molecule has 5 nitrogen and oxygen atoms in total. The maximum Gasteiger partial charge on any atom is 0.264 e. The quantitative estimate of drug-likeness (QED) is 0.388. The Kier molecular flexibility index (Phi) is 5.56. The number of aromatic amines is 1. The molecule has 8 heavy (non-hydrogen) atoms. The van der Waals surface area contributed by atoms with Crippen LogP contribution in [-0.2, 0) is 0 Å². The Balaban J connectivity index is 0. The summed E-state index contributed by atoms with van der Waals surface area (Å²) in [5.74, 6) is 0. The predicted octanol–water partition coefficient (Wildman–Crippen LogP) is -5.29. The fourth-order valence-corrected chi connectivity index (χ4v) is 0.187. The number of hydrogen-bond donors (Lipinski definition) is 1. The molecule has 0 atom stereocenters. The Morgan fingerprint density at radius 1 is 1.75 bits per heavy atom. The molecule has 0 fully saturated rings. The SMILES string of the molecule is N=c1c[nH+][n-]o1.O.[Cl-]. The van der Waals surface area contributed by atoms with Gasteiger partial charge in [-0.2, -0.15) is 0 Å². The summed E-state index contributed by atoms with van der Waals surface area (Å²) in [6.45, 7) is 0. The summed E-state index contributed by atoms with van der Waals surface area (Å²) < 4.78 is 4.19. The second-order valence-electron chi connectivity index (χ2n) is 0.820. The summed E-state index contributed by atoms with van der Waals surface area (Å²) in [5.41, 5.74) is 0.0509. The van der Waals surface area contributed by atoms with Crippen molar-refractivity contribution < 1.29 is 27.5 Å². The molecule has 0 aromatic carbocycles. The van der Waals surface area contributed by atoms with Gasteiger partial charge in [0.15, 0.2) is 0 Å². The fourth-order valence-electron chi connectivity index (χ4n) is 0.187. The van der Waals surface area contributed by atoms with Gasteiger partial charge in [0.2, 0.25) is 6.20 Å². The average molecular weight is 139 g/mol. The molecular weight excluding hydrogens is 133 g/mol. The van der Waals surface area contributed by atoms with E-state index < -0.39 is 0 Å². The van der Waals surface area contributed by atoms with Gasteiger partial charge in [-0.15, -0.1) is 0 Å². The molecular formula is C2H5ClN3O2-. The van der Waals surface area contributed by atoms with Gasteiger partial charge in [0, 0.05) is 0 Å². The van der Waals surface area contributed by atoms with E-state index in [1.807, 2.05) is 0 Å². The molecule has 0 aliphatic carbocycles. The standard InChI is InChI=1S/C2H3N3O.ClH.H2O/c3-2-1-4-5-6-2;;/h1,3-4H;1H;1H2/p-1. The van der Waals surface area contributed by atoms with Crippen LogP contribution in [0.25, 0.3) is 0 Å². The van der Waals surface area contributed by atoms with Crippen LogP contribution < -0.4 is 28.3 Å². The minimum atomic E-state index is 0. The Hall–Kier alpha value is -0.810. The molecule has 0 radical (unpaired) electrons. The summed E-state index contributed by atoms with van der Waals surface area (Å²) in [4.78, 5) is 0. The first-order valence-electron chi connectivity index (χ1n) is 1.44. The molecule has 1 aromatic rings. The van der Waals surface area contributed by atoms with Crippen LogP contribution in [0.4, 0.5) is 0 Å². The van der Waals surface area contributed by atoms with Gasteiger partial charge < -0.3 is 22.4 Å². The first-order chi connectivity index (χ1) is 2.89. The molecule has 1 aromatic heterocycles. The molecule has 0 saturated carbocycles. The molecule has 0 spiro atoms. The predicted molar refractivity (Wildman–Crippen MR) is 18.1 cm³/mol. The lowest BCUT2D eigenvalue weighted by Gasteiger charge is -1.65. The van der Waals surface area contributed by atoms with E-state index in [2.05, 4.69) is 14.9 Å². The van der Waals surface area contributed by atoms with Gasteiger partial charge in [0.25, 0.3) is 5.55 Å². The maximum absolute atomic E-state index is 6.61. The fraction of sp³-hybridized carbons (Fsp3) is 0. The van der Waals surface area contributed by atoms with Gasteiger partial charge in [-0.25, -0.2) is 0 Å². The van der Waals surface area contributed by atoms with Crippen molar-refractivity contribution in [2.45, 2.75) is 0 Å². The van der Waals surface area contributed by atoms with Gasteiger partial charge in [-0.05, 0) is 0 Å². The molecule has 0 unspecified atom stereocenters. The second kappa shape index (κ2) is 4.35. The van der Waals surface area contributed by atoms with E-state index in [4.69, 9.17) is 5.41 Å². The number of aromatic nitrogens is 2. The largest absolute Gasteiger partial charge is 1.00 e. The van der Waals surface area contributed by atoms with E-state index >= 15 is 0 Å². The van der Waals surface area contributed by atoms with E-state index in [9.17, 15) is 0 Å². The van der Waals surface area contributed by atoms with Crippen LogP contribution >= 0.6 is 0 Å². The number of nitrogens with one attached hydrogen (secondary N) is 2. The summed E-state index contributed by atoms with van der Waals surface area (Å²) >= 11 is 0. The van der Waals surface area contributed by atoms with Crippen molar-refractivity contribution in [3.8, 4) is 0 Å². The number of H-pyrrole nitrogens is 1. The van der Waals surface area contributed by atoms with Crippen molar-refractivity contribution in [3.63, 3.8) is 0 Å². The Morgan fingerprint density at radius 3 is 2.50 bits per heavy atom. The van der Waals surface area contributed by atoms with Gasteiger partial charge in [0.05, 0.1) is 0 Å². The first-order valence-corrected chi connectivity index (χ1v) is 1.44. The van der Waals surface area contributed by atoms with Gasteiger partial charge >= 0.3 is 0 Å². The maximum atomic E-state index is 6.61. The van der Waals surface area contributed by atoms with Crippen LogP contribution in [0.2, 0.25) is 0 Å². The summed E-state index contributed by atoms with van der Waals surface area (Å²) in [7, 11) is 0. The van der Waals surface area contributed by atoms with Crippen molar-refractivity contribution in [1.29, 1.82) is 5.41 Å². The normalized spacial score (nSPS) is 6.50. The molecule has 4 N–H and O–H groups in total. The number of halogens is 1. The summed E-state index contributed by atoms with van der Waals surface area (Å²) in [5, 5.41) is 12.1. The lowest BCUT2D eigenvalue weighted by Crippen LogP contribution is -3.00.